The number of allylic oxidation sites excluding steroid dienone is 3. The molecule has 0 bridgehead atoms. The van der Waals surface area contributed by atoms with Crippen molar-refractivity contribution in [2.24, 2.45) is 17.8 Å². The van der Waals surface area contributed by atoms with Gasteiger partial charge in [0, 0.05) is 6.42 Å². The predicted molar refractivity (Wildman–Crippen MR) is 112 cm³/mol. The van der Waals surface area contributed by atoms with E-state index < -0.39 is 0 Å². The van der Waals surface area contributed by atoms with Crippen molar-refractivity contribution >= 4 is 0 Å². The van der Waals surface area contributed by atoms with Crippen LogP contribution in [0.15, 0.2) is 23.5 Å². The smallest absolute Gasteiger partial charge is 0.109 e. The zero-order valence-corrected chi connectivity index (χ0v) is 17.8. The first kappa shape index (κ1) is 22.3. The molecule has 0 saturated heterocycles. The van der Waals surface area contributed by atoms with Crippen molar-refractivity contribution in [3.8, 4) is 0 Å². The largest absolute Gasteiger partial charge is 0.494 e. The Kier molecular flexibility index (Phi) is 12.0. The van der Waals surface area contributed by atoms with E-state index in [1.54, 1.807) is 0 Å². The third-order valence-corrected chi connectivity index (χ3v) is 5.86. The van der Waals surface area contributed by atoms with Gasteiger partial charge in [-0.2, -0.15) is 0 Å². The molecule has 2 unspecified atom stereocenters. The molecule has 1 fully saturated rings. The minimum absolute atomic E-state index is 0.640. The summed E-state index contributed by atoms with van der Waals surface area (Å²) in [6, 6.07) is 0. The van der Waals surface area contributed by atoms with Crippen LogP contribution in [0.2, 0.25) is 0 Å². The molecule has 1 aliphatic rings. The van der Waals surface area contributed by atoms with Gasteiger partial charge in [0.05, 0.1) is 5.76 Å². The molecule has 0 aliphatic heterocycles. The quantitative estimate of drug-likeness (QED) is 0.256. The molecule has 1 rings (SSSR count). The highest BCUT2D eigenvalue weighted by Crippen LogP contribution is 2.29. The molecular weight excluding hydrogens is 304 g/mol. The molecule has 1 aliphatic carbocycles. The van der Waals surface area contributed by atoms with Gasteiger partial charge in [0.25, 0.3) is 0 Å². The lowest BCUT2D eigenvalue weighted by molar-refractivity contribution is 0.210. The molecule has 0 spiro atoms. The molecule has 2 atom stereocenters. The Bertz CT molecular complexity index is 387. The lowest BCUT2D eigenvalue weighted by Gasteiger charge is -2.23. The molecule has 0 aromatic heterocycles. The van der Waals surface area contributed by atoms with Gasteiger partial charge in [-0.3, -0.25) is 0 Å². The second-order valence-electron chi connectivity index (χ2n) is 8.32. The van der Waals surface area contributed by atoms with E-state index in [9.17, 15) is 0 Å². The molecular formula is C24H44O. The fraction of sp³-hybridized carbons (Fsp3) is 0.833. The van der Waals surface area contributed by atoms with Crippen LogP contribution in [0.4, 0.5) is 0 Å². The Hall–Kier alpha value is -0.720. The van der Waals surface area contributed by atoms with Crippen LogP contribution in [0, 0.1) is 17.8 Å². The standard InChI is InChI=1S/C24H44O/c1-6-12-22(8-3)19-25-24(17-20(4)7-2)18-21(5)15-16-23-13-10-9-11-14-23/h12,18,20-21,23H,6-11,13-17,19H2,1-5H3/b22-12+,24-18+. The molecule has 0 amide bonds. The summed E-state index contributed by atoms with van der Waals surface area (Å²) in [4.78, 5) is 0. The van der Waals surface area contributed by atoms with Gasteiger partial charge in [0.2, 0.25) is 0 Å². The molecule has 25 heavy (non-hydrogen) atoms. The van der Waals surface area contributed by atoms with Crippen molar-refractivity contribution in [3.63, 3.8) is 0 Å². The maximum Gasteiger partial charge on any atom is 0.109 e. The lowest BCUT2D eigenvalue weighted by Crippen LogP contribution is -2.08. The number of ether oxygens (including phenoxy) is 1. The summed E-state index contributed by atoms with van der Waals surface area (Å²) in [6.07, 6.45) is 19.3. The highest BCUT2D eigenvalue weighted by atomic mass is 16.5. The maximum atomic E-state index is 6.28. The fourth-order valence-corrected chi connectivity index (χ4v) is 3.82. The molecule has 0 N–H and O–H groups in total. The molecule has 0 aromatic rings. The van der Waals surface area contributed by atoms with Crippen LogP contribution in [0.3, 0.4) is 0 Å². The van der Waals surface area contributed by atoms with Crippen LogP contribution >= 0.6 is 0 Å². The first-order chi connectivity index (χ1) is 12.1. The average Bonchev–Trinajstić information content (AvgIpc) is 2.63. The topological polar surface area (TPSA) is 9.23 Å². The van der Waals surface area contributed by atoms with E-state index in [-0.39, 0.29) is 0 Å². The second kappa shape index (κ2) is 13.5. The zero-order valence-electron chi connectivity index (χ0n) is 17.8. The molecule has 1 nitrogen and oxygen atoms in total. The van der Waals surface area contributed by atoms with Gasteiger partial charge in [-0.05, 0) is 55.1 Å². The minimum Gasteiger partial charge on any atom is -0.494 e. The number of hydrogen-bond donors (Lipinski definition) is 0. The second-order valence-corrected chi connectivity index (χ2v) is 8.32. The molecule has 0 aromatic carbocycles. The molecule has 0 radical (unpaired) electrons. The Labute approximate surface area is 158 Å². The lowest BCUT2D eigenvalue weighted by atomic mass is 9.84. The van der Waals surface area contributed by atoms with Crippen molar-refractivity contribution in [2.75, 3.05) is 6.61 Å². The van der Waals surface area contributed by atoms with Crippen LogP contribution in [0.25, 0.3) is 0 Å². The SMILES string of the molecule is CC/C=C(\CC)CO/C(=C/C(C)CCC1CCCCC1)CC(C)CC. The first-order valence-electron chi connectivity index (χ1n) is 11.1. The van der Waals surface area contributed by atoms with Crippen molar-refractivity contribution < 1.29 is 4.74 Å². The van der Waals surface area contributed by atoms with Crippen molar-refractivity contribution in [3.05, 3.63) is 23.5 Å². The zero-order chi connectivity index (χ0) is 18.5. The highest BCUT2D eigenvalue weighted by Gasteiger charge is 2.15. The summed E-state index contributed by atoms with van der Waals surface area (Å²) in [6.45, 7) is 12.2. The van der Waals surface area contributed by atoms with Crippen molar-refractivity contribution in [2.45, 2.75) is 105 Å². The van der Waals surface area contributed by atoms with Crippen LogP contribution in [-0.2, 0) is 4.74 Å². The molecule has 1 saturated carbocycles. The maximum absolute atomic E-state index is 6.28. The fourth-order valence-electron chi connectivity index (χ4n) is 3.82. The summed E-state index contributed by atoms with van der Waals surface area (Å²) in [5.41, 5.74) is 1.44. The third-order valence-electron chi connectivity index (χ3n) is 5.86. The number of hydrogen-bond acceptors (Lipinski definition) is 1. The van der Waals surface area contributed by atoms with Crippen LogP contribution < -0.4 is 0 Å². The van der Waals surface area contributed by atoms with Gasteiger partial charge in [-0.25, -0.2) is 0 Å². The Morgan fingerprint density at radius 1 is 1.08 bits per heavy atom. The summed E-state index contributed by atoms with van der Waals surface area (Å²) in [7, 11) is 0. The van der Waals surface area contributed by atoms with E-state index >= 15 is 0 Å². The molecule has 0 heterocycles. The van der Waals surface area contributed by atoms with Gasteiger partial charge in [0.15, 0.2) is 0 Å². The Balaban J connectivity index is 2.55. The average molecular weight is 349 g/mol. The summed E-state index contributed by atoms with van der Waals surface area (Å²) < 4.78 is 6.28. The van der Waals surface area contributed by atoms with Crippen molar-refractivity contribution in [1.29, 1.82) is 0 Å². The Morgan fingerprint density at radius 3 is 2.40 bits per heavy atom. The van der Waals surface area contributed by atoms with E-state index in [4.69, 9.17) is 4.74 Å². The molecule has 146 valence electrons. The monoisotopic (exact) mass is 348 g/mol. The molecule has 1 heteroatoms. The van der Waals surface area contributed by atoms with Crippen LogP contribution in [0.5, 0.6) is 0 Å². The number of rotatable bonds is 12. The highest BCUT2D eigenvalue weighted by molar-refractivity contribution is 5.04. The minimum atomic E-state index is 0.640. The Morgan fingerprint density at radius 2 is 1.80 bits per heavy atom. The normalized spacial score (nSPS) is 19.7. The summed E-state index contributed by atoms with van der Waals surface area (Å²) in [5, 5.41) is 0. The van der Waals surface area contributed by atoms with Gasteiger partial charge in [-0.15, -0.1) is 0 Å². The third kappa shape index (κ3) is 10.1. The van der Waals surface area contributed by atoms with Gasteiger partial charge < -0.3 is 4.74 Å². The van der Waals surface area contributed by atoms with Crippen LogP contribution in [-0.4, -0.2) is 6.61 Å². The van der Waals surface area contributed by atoms with E-state index in [0.717, 1.165) is 31.8 Å². The van der Waals surface area contributed by atoms with Gasteiger partial charge in [-0.1, -0.05) is 79.2 Å². The summed E-state index contributed by atoms with van der Waals surface area (Å²) >= 11 is 0. The summed E-state index contributed by atoms with van der Waals surface area (Å²) in [5.74, 6) is 3.57. The van der Waals surface area contributed by atoms with Gasteiger partial charge >= 0.3 is 0 Å². The van der Waals surface area contributed by atoms with Gasteiger partial charge in [0.1, 0.15) is 6.61 Å². The van der Waals surface area contributed by atoms with E-state index in [0.29, 0.717) is 11.8 Å². The van der Waals surface area contributed by atoms with E-state index in [1.165, 1.54) is 62.7 Å². The first-order valence-corrected chi connectivity index (χ1v) is 11.1. The van der Waals surface area contributed by atoms with E-state index in [2.05, 4.69) is 46.8 Å². The van der Waals surface area contributed by atoms with E-state index in [1.807, 2.05) is 0 Å². The van der Waals surface area contributed by atoms with Crippen molar-refractivity contribution in [1.82, 2.24) is 0 Å². The van der Waals surface area contributed by atoms with Crippen LogP contribution in [0.1, 0.15) is 105 Å². The predicted octanol–water partition coefficient (Wildman–Crippen LogP) is 8.07.